The highest BCUT2D eigenvalue weighted by molar-refractivity contribution is 7.89. The van der Waals surface area contributed by atoms with Gasteiger partial charge in [-0.1, -0.05) is 13.8 Å². The molecule has 0 aliphatic heterocycles. The Balaban J connectivity index is 2.36. The maximum atomic E-state index is 11.8. The lowest BCUT2D eigenvalue weighted by Crippen LogP contribution is -2.47. The van der Waals surface area contributed by atoms with Gasteiger partial charge in [-0.3, -0.25) is 0 Å². The first-order valence-electron chi connectivity index (χ1n) is 6.16. The average molecular weight is 248 g/mol. The fourth-order valence-electron chi connectivity index (χ4n) is 1.51. The Morgan fingerprint density at radius 2 is 1.81 bits per heavy atom. The van der Waals surface area contributed by atoms with E-state index < -0.39 is 10.0 Å². The van der Waals surface area contributed by atoms with Crippen LogP contribution in [0.3, 0.4) is 0 Å². The lowest BCUT2D eigenvalue weighted by molar-refractivity contribution is 0.388. The second kappa shape index (κ2) is 5.47. The van der Waals surface area contributed by atoms with Crippen molar-refractivity contribution in [1.29, 1.82) is 0 Å². The molecule has 96 valence electrons. The molecule has 5 heteroatoms. The Bertz CT molecular complexity index is 306. The third-order valence-electron chi connectivity index (χ3n) is 3.34. The smallest absolute Gasteiger partial charge is 0.213 e. The van der Waals surface area contributed by atoms with E-state index in [1.54, 1.807) is 0 Å². The Kier molecular flexibility index (Phi) is 4.76. The molecular weight excluding hydrogens is 224 g/mol. The van der Waals surface area contributed by atoms with Crippen LogP contribution >= 0.6 is 0 Å². The van der Waals surface area contributed by atoms with Gasteiger partial charge < -0.3 is 5.32 Å². The molecule has 0 aromatic heterocycles. The third kappa shape index (κ3) is 4.80. The summed E-state index contributed by atoms with van der Waals surface area (Å²) in [7, 11) is -3.14. The van der Waals surface area contributed by atoms with Gasteiger partial charge in [-0.05, 0) is 32.6 Å². The van der Waals surface area contributed by atoms with E-state index in [9.17, 15) is 8.42 Å². The molecule has 0 aromatic rings. The van der Waals surface area contributed by atoms with Crippen molar-refractivity contribution in [3.63, 3.8) is 0 Å². The number of rotatable bonds is 8. The van der Waals surface area contributed by atoms with Gasteiger partial charge in [-0.2, -0.15) is 0 Å². The monoisotopic (exact) mass is 248 g/mol. The molecule has 1 aliphatic rings. The summed E-state index contributed by atoms with van der Waals surface area (Å²) in [6, 6.07) is 0.568. The molecule has 1 saturated carbocycles. The number of hydrogen-bond donors (Lipinski definition) is 2. The molecule has 4 nitrogen and oxygen atoms in total. The number of hydrogen-bond acceptors (Lipinski definition) is 3. The van der Waals surface area contributed by atoms with E-state index in [0.29, 0.717) is 12.6 Å². The summed E-state index contributed by atoms with van der Waals surface area (Å²) in [6.45, 7) is 6.53. The van der Waals surface area contributed by atoms with Gasteiger partial charge in [0, 0.05) is 18.1 Å². The quantitative estimate of drug-likeness (QED) is 0.679. The standard InChI is InChI=1S/C11H24N2O2S/c1-4-11(3,5-2)13-16(14,15)9-8-12-10-6-7-10/h10,12-13H,4-9H2,1-3H3. The summed E-state index contributed by atoms with van der Waals surface area (Å²) in [6.07, 6.45) is 4.02. The van der Waals surface area contributed by atoms with Crippen molar-refractivity contribution in [3.05, 3.63) is 0 Å². The van der Waals surface area contributed by atoms with Gasteiger partial charge in [0.1, 0.15) is 0 Å². The van der Waals surface area contributed by atoms with Crippen LogP contribution in [0.25, 0.3) is 0 Å². The summed E-state index contributed by atoms with van der Waals surface area (Å²) in [5.74, 6) is 0.180. The van der Waals surface area contributed by atoms with Gasteiger partial charge in [0.15, 0.2) is 0 Å². The summed E-state index contributed by atoms with van der Waals surface area (Å²) < 4.78 is 26.4. The molecule has 0 unspecified atom stereocenters. The maximum absolute atomic E-state index is 11.8. The van der Waals surface area contributed by atoms with Crippen LogP contribution in [0.5, 0.6) is 0 Å². The highest BCUT2D eigenvalue weighted by Gasteiger charge is 2.26. The van der Waals surface area contributed by atoms with Crippen LogP contribution in [0.2, 0.25) is 0 Å². The van der Waals surface area contributed by atoms with Crippen molar-refractivity contribution >= 4 is 10.0 Å². The fourth-order valence-corrected chi connectivity index (χ4v) is 3.03. The van der Waals surface area contributed by atoms with Crippen LogP contribution in [0.4, 0.5) is 0 Å². The molecule has 2 N–H and O–H groups in total. The second-order valence-electron chi connectivity index (χ2n) is 4.92. The fraction of sp³-hybridized carbons (Fsp3) is 1.00. The van der Waals surface area contributed by atoms with Crippen LogP contribution < -0.4 is 10.0 Å². The molecule has 0 bridgehead atoms. The summed E-state index contributed by atoms with van der Waals surface area (Å²) >= 11 is 0. The van der Waals surface area contributed by atoms with Gasteiger partial charge in [-0.25, -0.2) is 13.1 Å². The zero-order chi connectivity index (χ0) is 12.2. The van der Waals surface area contributed by atoms with Crippen LogP contribution in [-0.2, 0) is 10.0 Å². The van der Waals surface area contributed by atoms with Crippen LogP contribution in [-0.4, -0.2) is 32.3 Å². The van der Waals surface area contributed by atoms with Gasteiger partial charge >= 0.3 is 0 Å². The molecule has 1 aliphatic carbocycles. The normalized spacial score (nSPS) is 17.7. The summed E-state index contributed by atoms with van der Waals surface area (Å²) in [4.78, 5) is 0. The van der Waals surface area contributed by atoms with Crippen molar-refractivity contribution in [1.82, 2.24) is 10.0 Å². The molecule has 0 heterocycles. The van der Waals surface area contributed by atoms with E-state index >= 15 is 0 Å². The number of sulfonamides is 1. The topological polar surface area (TPSA) is 58.2 Å². The summed E-state index contributed by atoms with van der Waals surface area (Å²) in [5.41, 5.74) is -0.293. The Morgan fingerprint density at radius 3 is 2.25 bits per heavy atom. The van der Waals surface area contributed by atoms with E-state index in [0.717, 1.165) is 12.8 Å². The average Bonchev–Trinajstić information content (AvgIpc) is 3.00. The van der Waals surface area contributed by atoms with Crippen LogP contribution in [0, 0.1) is 0 Å². The molecule has 0 amide bonds. The Morgan fingerprint density at radius 1 is 1.25 bits per heavy atom. The van der Waals surface area contributed by atoms with E-state index in [4.69, 9.17) is 0 Å². The van der Waals surface area contributed by atoms with E-state index in [1.807, 2.05) is 20.8 Å². The van der Waals surface area contributed by atoms with Crippen molar-refractivity contribution in [2.45, 2.75) is 58.0 Å². The second-order valence-corrected chi connectivity index (χ2v) is 6.76. The van der Waals surface area contributed by atoms with Gasteiger partial charge in [0.2, 0.25) is 10.0 Å². The van der Waals surface area contributed by atoms with Crippen LogP contribution in [0.15, 0.2) is 0 Å². The molecule has 0 atom stereocenters. The van der Waals surface area contributed by atoms with E-state index in [2.05, 4.69) is 10.0 Å². The molecule has 0 radical (unpaired) electrons. The molecular formula is C11H24N2O2S. The highest BCUT2D eigenvalue weighted by Crippen LogP contribution is 2.18. The first-order valence-corrected chi connectivity index (χ1v) is 7.81. The summed E-state index contributed by atoms with van der Waals surface area (Å²) in [5, 5.41) is 3.22. The molecule has 16 heavy (non-hydrogen) atoms. The SMILES string of the molecule is CCC(C)(CC)NS(=O)(=O)CCNC1CC1. The Labute approximate surface area is 99.2 Å². The zero-order valence-corrected chi connectivity index (χ0v) is 11.4. The van der Waals surface area contributed by atoms with Gasteiger partial charge in [0.25, 0.3) is 0 Å². The predicted octanol–water partition coefficient (Wildman–Crippen LogP) is 1.24. The van der Waals surface area contributed by atoms with Crippen molar-refractivity contribution < 1.29 is 8.42 Å². The molecule has 0 aromatic carbocycles. The molecule has 0 saturated heterocycles. The van der Waals surface area contributed by atoms with Gasteiger partial charge in [0.05, 0.1) is 5.75 Å². The van der Waals surface area contributed by atoms with Crippen molar-refractivity contribution in [2.24, 2.45) is 0 Å². The van der Waals surface area contributed by atoms with E-state index in [-0.39, 0.29) is 11.3 Å². The van der Waals surface area contributed by atoms with Crippen molar-refractivity contribution in [3.8, 4) is 0 Å². The van der Waals surface area contributed by atoms with Crippen LogP contribution in [0.1, 0.15) is 46.5 Å². The lowest BCUT2D eigenvalue weighted by Gasteiger charge is -2.27. The molecule has 0 spiro atoms. The first kappa shape index (κ1) is 13.9. The largest absolute Gasteiger partial charge is 0.313 e. The Hall–Kier alpha value is -0.130. The lowest BCUT2D eigenvalue weighted by atomic mass is 9.98. The minimum absolute atomic E-state index is 0.180. The minimum atomic E-state index is -3.14. The third-order valence-corrected chi connectivity index (χ3v) is 4.89. The van der Waals surface area contributed by atoms with Gasteiger partial charge in [-0.15, -0.1) is 0 Å². The zero-order valence-electron chi connectivity index (χ0n) is 10.5. The predicted molar refractivity (Wildman–Crippen MR) is 66.9 cm³/mol. The molecule has 1 fully saturated rings. The highest BCUT2D eigenvalue weighted by atomic mass is 32.2. The van der Waals surface area contributed by atoms with Crippen molar-refractivity contribution in [2.75, 3.05) is 12.3 Å². The maximum Gasteiger partial charge on any atom is 0.213 e. The minimum Gasteiger partial charge on any atom is -0.313 e. The number of nitrogens with one attached hydrogen (secondary N) is 2. The first-order chi connectivity index (χ1) is 7.41. The molecule has 1 rings (SSSR count). The van der Waals surface area contributed by atoms with E-state index in [1.165, 1.54) is 12.8 Å².